The molecule has 1 aliphatic carbocycles. The number of amides is 1. The summed E-state index contributed by atoms with van der Waals surface area (Å²) in [5.74, 6) is -0.885. The van der Waals surface area contributed by atoms with Gasteiger partial charge in [0.2, 0.25) is 0 Å². The highest BCUT2D eigenvalue weighted by Gasteiger charge is 2.46. The molecule has 1 aromatic carbocycles. The first kappa shape index (κ1) is 25.8. The minimum atomic E-state index is -0.672. The molecule has 0 bridgehead atoms. The van der Waals surface area contributed by atoms with Crippen LogP contribution in [0.25, 0.3) is 22.3 Å². The van der Waals surface area contributed by atoms with Crippen LogP contribution in [0, 0.1) is 17.1 Å². The number of morpholine rings is 1. The van der Waals surface area contributed by atoms with Crippen LogP contribution in [-0.2, 0) is 16.8 Å². The molecule has 0 radical (unpaired) electrons. The van der Waals surface area contributed by atoms with E-state index in [4.69, 9.17) is 4.74 Å². The SMILES string of the molecule is N#Cc1ccc(-c2c(C(=O)NC3(c4ccc(F)cc4)CC3)c(=O)n(CCN3CCOCC3)c3ncccc23)nc1. The van der Waals surface area contributed by atoms with E-state index in [2.05, 4.69) is 20.2 Å². The van der Waals surface area contributed by atoms with E-state index in [9.17, 15) is 19.2 Å². The Morgan fingerprint density at radius 1 is 1.07 bits per heavy atom. The Morgan fingerprint density at radius 3 is 2.52 bits per heavy atom. The summed E-state index contributed by atoms with van der Waals surface area (Å²) >= 11 is 0. The number of carbonyl (C=O) groups is 1. The summed E-state index contributed by atoms with van der Waals surface area (Å²) in [5, 5.41) is 13.0. The van der Waals surface area contributed by atoms with E-state index < -0.39 is 17.0 Å². The molecule has 2 aliphatic rings. The monoisotopic (exact) mass is 538 g/mol. The number of hydrogen-bond donors (Lipinski definition) is 1. The second-order valence-corrected chi connectivity index (χ2v) is 10.1. The van der Waals surface area contributed by atoms with Crippen LogP contribution in [0.15, 0.2) is 65.7 Å². The fourth-order valence-corrected chi connectivity index (χ4v) is 5.30. The third-order valence-electron chi connectivity index (χ3n) is 7.64. The number of halogens is 1. The van der Waals surface area contributed by atoms with Crippen LogP contribution >= 0.6 is 0 Å². The van der Waals surface area contributed by atoms with Crippen molar-refractivity contribution in [1.82, 2.24) is 24.8 Å². The lowest BCUT2D eigenvalue weighted by atomic mass is 9.98. The topological polar surface area (TPSA) is 113 Å². The number of nitrogens with one attached hydrogen (secondary N) is 1. The van der Waals surface area contributed by atoms with Gasteiger partial charge in [0.1, 0.15) is 23.1 Å². The number of benzene rings is 1. The highest BCUT2D eigenvalue weighted by atomic mass is 19.1. The van der Waals surface area contributed by atoms with E-state index in [1.165, 1.54) is 18.3 Å². The molecule has 6 rings (SSSR count). The fourth-order valence-electron chi connectivity index (χ4n) is 5.30. The van der Waals surface area contributed by atoms with Crippen LogP contribution in [0.1, 0.15) is 34.3 Å². The molecule has 10 heteroatoms. The van der Waals surface area contributed by atoms with Gasteiger partial charge in [0.05, 0.1) is 30.0 Å². The molecule has 3 aromatic heterocycles. The van der Waals surface area contributed by atoms with Crippen molar-refractivity contribution >= 4 is 16.9 Å². The van der Waals surface area contributed by atoms with Gasteiger partial charge >= 0.3 is 0 Å². The Balaban J connectivity index is 1.48. The van der Waals surface area contributed by atoms with E-state index >= 15 is 0 Å². The van der Waals surface area contributed by atoms with Crippen LogP contribution in [0.2, 0.25) is 0 Å². The molecule has 1 saturated carbocycles. The predicted octanol–water partition coefficient (Wildman–Crippen LogP) is 3.22. The zero-order chi connectivity index (χ0) is 27.7. The van der Waals surface area contributed by atoms with Crippen LogP contribution in [0.3, 0.4) is 0 Å². The number of pyridine rings is 3. The van der Waals surface area contributed by atoms with Gasteiger partial charge < -0.3 is 10.1 Å². The first-order valence-electron chi connectivity index (χ1n) is 13.3. The van der Waals surface area contributed by atoms with Crippen LogP contribution in [0.5, 0.6) is 0 Å². The van der Waals surface area contributed by atoms with Crippen molar-refractivity contribution in [3.8, 4) is 17.3 Å². The standard InChI is InChI=1S/C30H27FN6O3/c31-22-6-4-21(5-7-22)30(9-10-30)35-28(38)26-25(24-8-3-20(18-32)19-34-24)23-2-1-11-33-27(23)37(29(26)39)13-12-36-14-16-40-17-15-36/h1-8,11,19H,9-10,12-17H2,(H,35,38). The summed E-state index contributed by atoms with van der Waals surface area (Å²) in [6.45, 7) is 3.75. The van der Waals surface area contributed by atoms with Gasteiger partial charge in [-0.2, -0.15) is 5.26 Å². The van der Waals surface area contributed by atoms with E-state index in [1.807, 2.05) is 12.1 Å². The predicted molar refractivity (Wildman–Crippen MR) is 146 cm³/mol. The molecule has 1 aliphatic heterocycles. The number of rotatable bonds is 7. The van der Waals surface area contributed by atoms with Crippen molar-refractivity contribution in [1.29, 1.82) is 5.26 Å². The lowest BCUT2D eigenvalue weighted by molar-refractivity contribution is 0.0364. The number of hydrogen-bond acceptors (Lipinski definition) is 7. The number of aromatic nitrogens is 3. The molecule has 1 N–H and O–H groups in total. The second-order valence-electron chi connectivity index (χ2n) is 10.1. The minimum Gasteiger partial charge on any atom is -0.379 e. The van der Waals surface area contributed by atoms with Gasteiger partial charge in [0.15, 0.2) is 0 Å². The van der Waals surface area contributed by atoms with Gasteiger partial charge in [-0.3, -0.25) is 24.0 Å². The van der Waals surface area contributed by atoms with Crippen molar-refractivity contribution < 1.29 is 13.9 Å². The third-order valence-corrected chi connectivity index (χ3v) is 7.64. The molecule has 1 saturated heterocycles. The normalized spacial score (nSPS) is 16.4. The molecule has 0 spiro atoms. The molecule has 4 heterocycles. The van der Waals surface area contributed by atoms with Gasteiger partial charge in [0.25, 0.3) is 11.5 Å². The van der Waals surface area contributed by atoms with Crippen molar-refractivity contribution in [2.24, 2.45) is 0 Å². The maximum atomic E-state index is 14.2. The zero-order valence-electron chi connectivity index (χ0n) is 21.8. The Hall–Kier alpha value is -4.46. The van der Waals surface area contributed by atoms with Gasteiger partial charge in [-0.05, 0) is 54.8 Å². The average molecular weight is 539 g/mol. The Bertz CT molecular complexity index is 1670. The molecule has 40 heavy (non-hydrogen) atoms. The molecule has 2 fully saturated rings. The number of carbonyl (C=O) groups excluding carboxylic acids is 1. The summed E-state index contributed by atoms with van der Waals surface area (Å²) in [7, 11) is 0. The smallest absolute Gasteiger partial charge is 0.265 e. The van der Waals surface area contributed by atoms with E-state index in [-0.39, 0.29) is 11.4 Å². The minimum absolute atomic E-state index is 0.0342. The largest absolute Gasteiger partial charge is 0.379 e. The van der Waals surface area contributed by atoms with Crippen LogP contribution < -0.4 is 10.9 Å². The van der Waals surface area contributed by atoms with Gasteiger partial charge in [-0.25, -0.2) is 9.37 Å². The zero-order valence-corrected chi connectivity index (χ0v) is 21.8. The van der Waals surface area contributed by atoms with Gasteiger partial charge in [-0.15, -0.1) is 0 Å². The van der Waals surface area contributed by atoms with Crippen LogP contribution in [-0.4, -0.2) is 58.2 Å². The fraction of sp³-hybridized carbons (Fsp3) is 0.300. The number of nitrogens with zero attached hydrogens (tertiary/aromatic N) is 5. The first-order chi connectivity index (χ1) is 19.5. The molecule has 0 atom stereocenters. The average Bonchev–Trinajstić information content (AvgIpc) is 3.77. The van der Waals surface area contributed by atoms with Crippen molar-refractivity contribution in [3.63, 3.8) is 0 Å². The highest BCUT2D eigenvalue weighted by molar-refractivity contribution is 6.08. The van der Waals surface area contributed by atoms with Crippen LogP contribution in [0.4, 0.5) is 4.39 Å². The first-order valence-corrected chi connectivity index (χ1v) is 13.3. The summed E-state index contributed by atoms with van der Waals surface area (Å²) < 4.78 is 20.6. The summed E-state index contributed by atoms with van der Waals surface area (Å²) in [4.78, 5) is 39.4. The van der Waals surface area contributed by atoms with Crippen molar-refractivity contribution in [2.45, 2.75) is 24.9 Å². The number of ether oxygens (including phenoxy) is 1. The lowest BCUT2D eigenvalue weighted by Crippen LogP contribution is -2.42. The molecular weight excluding hydrogens is 511 g/mol. The molecule has 1 amide bonds. The van der Waals surface area contributed by atoms with Gasteiger partial charge in [-0.1, -0.05) is 12.1 Å². The molecule has 202 valence electrons. The van der Waals surface area contributed by atoms with Gasteiger partial charge in [0, 0.05) is 49.5 Å². The quantitative estimate of drug-likeness (QED) is 0.384. The van der Waals surface area contributed by atoms with E-state index in [1.54, 1.807) is 41.1 Å². The Labute approximate surface area is 229 Å². The Kier molecular flexibility index (Phi) is 6.84. The van der Waals surface area contributed by atoms with Crippen molar-refractivity contribution in [2.75, 3.05) is 32.8 Å². The number of nitriles is 1. The molecule has 9 nitrogen and oxygen atoms in total. The molecule has 4 aromatic rings. The summed E-state index contributed by atoms with van der Waals surface area (Å²) in [6.07, 6.45) is 4.39. The molecular formula is C30H27FN6O3. The van der Waals surface area contributed by atoms with E-state index in [0.29, 0.717) is 67.0 Å². The maximum absolute atomic E-state index is 14.2. The second kappa shape index (κ2) is 10.6. The summed E-state index contributed by atoms with van der Waals surface area (Å²) in [6, 6.07) is 14.9. The lowest BCUT2D eigenvalue weighted by Gasteiger charge is -2.27. The van der Waals surface area contributed by atoms with E-state index in [0.717, 1.165) is 18.7 Å². The third kappa shape index (κ3) is 4.85. The maximum Gasteiger partial charge on any atom is 0.265 e. The Morgan fingerprint density at radius 2 is 1.85 bits per heavy atom. The molecule has 0 unspecified atom stereocenters. The number of fused-ring (bicyclic) bond motifs is 1. The van der Waals surface area contributed by atoms with Crippen molar-refractivity contribution in [3.05, 3.63) is 93.8 Å². The highest BCUT2D eigenvalue weighted by Crippen LogP contribution is 2.46. The summed E-state index contributed by atoms with van der Waals surface area (Å²) in [5.41, 5.74) is 1.20.